The second-order valence-corrected chi connectivity index (χ2v) is 9.43. The van der Waals surface area contributed by atoms with Crippen molar-refractivity contribution in [1.82, 2.24) is 9.29 Å². The van der Waals surface area contributed by atoms with Crippen molar-refractivity contribution in [2.24, 2.45) is 0 Å². The quantitative estimate of drug-likeness (QED) is 0.312. The van der Waals surface area contributed by atoms with Crippen molar-refractivity contribution in [1.29, 1.82) is 0 Å². The van der Waals surface area contributed by atoms with E-state index in [0.717, 1.165) is 28.6 Å². The molecule has 4 rings (SSSR count). The van der Waals surface area contributed by atoms with Gasteiger partial charge in [0, 0.05) is 54.3 Å². The van der Waals surface area contributed by atoms with Crippen LogP contribution in [0.1, 0.15) is 11.1 Å². The van der Waals surface area contributed by atoms with Crippen molar-refractivity contribution < 1.29 is 22.5 Å². The highest BCUT2D eigenvalue weighted by Gasteiger charge is 2.34. The third-order valence-electron chi connectivity index (χ3n) is 5.24. The van der Waals surface area contributed by atoms with Crippen LogP contribution in [0.25, 0.3) is 12.2 Å². The highest BCUT2D eigenvalue weighted by Crippen LogP contribution is 2.28. The SMILES string of the molecule is O=C1/C(=C/c2ccncc2)CN(S(=O)(=O)c2ccc([N+](=O)[O-])cc2)C/C1=C\c1ccccc1F. The van der Waals surface area contributed by atoms with Crippen LogP contribution in [0.2, 0.25) is 0 Å². The smallest absolute Gasteiger partial charge is 0.269 e. The first-order valence-electron chi connectivity index (χ1n) is 10.1. The molecule has 0 aliphatic carbocycles. The van der Waals surface area contributed by atoms with Gasteiger partial charge in [-0.15, -0.1) is 0 Å². The molecule has 0 N–H and O–H groups in total. The van der Waals surface area contributed by atoms with Gasteiger partial charge in [0.2, 0.25) is 10.0 Å². The number of piperidine rings is 1. The molecule has 2 aromatic carbocycles. The minimum absolute atomic E-state index is 0.0992. The van der Waals surface area contributed by atoms with E-state index in [4.69, 9.17) is 0 Å². The van der Waals surface area contributed by atoms with Crippen LogP contribution in [0, 0.1) is 15.9 Å². The average Bonchev–Trinajstić information content (AvgIpc) is 2.83. The number of ketones is 1. The molecule has 0 unspecified atom stereocenters. The fourth-order valence-corrected chi connectivity index (χ4v) is 4.90. The fourth-order valence-electron chi connectivity index (χ4n) is 3.51. The van der Waals surface area contributed by atoms with Crippen LogP contribution < -0.4 is 0 Å². The van der Waals surface area contributed by atoms with E-state index in [9.17, 15) is 27.7 Å². The van der Waals surface area contributed by atoms with E-state index in [1.54, 1.807) is 36.7 Å². The van der Waals surface area contributed by atoms with Crippen molar-refractivity contribution in [3.63, 3.8) is 0 Å². The van der Waals surface area contributed by atoms with Crippen LogP contribution in [0.3, 0.4) is 0 Å². The van der Waals surface area contributed by atoms with Crippen LogP contribution >= 0.6 is 0 Å². The molecular formula is C24H18FN3O5S. The maximum absolute atomic E-state index is 14.3. The highest BCUT2D eigenvalue weighted by atomic mass is 32.2. The van der Waals surface area contributed by atoms with Crippen LogP contribution in [-0.2, 0) is 14.8 Å². The summed E-state index contributed by atoms with van der Waals surface area (Å²) in [4.78, 5) is 27.3. The molecule has 172 valence electrons. The Morgan fingerprint density at radius 2 is 1.56 bits per heavy atom. The van der Waals surface area contributed by atoms with E-state index in [0.29, 0.717) is 5.56 Å². The van der Waals surface area contributed by atoms with Gasteiger partial charge in [-0.25, -0.2) is 12.8 Å². The number of non-ortho nitro benzene ring substituents is 1. The zero-order chi connectivity index (χ0) is 24.3. The molecule has 0 spiro atoms. The van der Waals surface area contributed by atoms with E-state index < -0.39 is 26.5 Å². The maximum atomic E-state index is 14.3. The summed E-state index contributed by atoms with van der Waals surface area (Å²) < 4.78 is 42.0. The van der Waals surface area contributed by atoms with Gasteiger partial charge in [-0.3, -0.25) is 19.9 Å². The number of Topliss-reactive ketones (excluding diaryl/α,β-unsaturated/α-hetero) is 1. The Balaban J connectivity index is 1.77. The number of pyridine rings is 1. The number of nitro benzene ring substituents is 1. The summed E-state index contributed by atoms with van der Waals surface area (Å²) in [6.07, 6.45) is 5.99. The van der Waals surface area contributed by atoms with Gasteiger partial charge in [0.25, 0.3) is 5.69 Å². The van der Waals surface area contributed by atoms with E-state index in [2.05, 4.69) is 4.98 Å². The summed E-state index contributed by atoms with van der Waals surface area (Å²) in [6.45, 7) is -0.491. The third-order valence-corrected chi connectivity index (χ3v) is 7.05. The van der Waals surface area contributed by atoms with Gasteiger partial charge in [0.1, 0.15) is 5.82 Å². The number of aromatic nitrogens is 1. The van der Waals surface area contributed by atoms with Gasteiger partial charge in [0.15, 0.2) is 5.78 Å². The van der Waals surface area contributed by atoms with Crippen LogP contribution in [-0.4, -0.2) is 41.5 Å². The minimum Gasteiger partial charge on any atom is -0.289 e. The molecule has 8 nitrogen and oxygen atoms in total. The van der Waals surface area contributed by atoms with Crippen molar-refractivity contribution in [2.45, 2.75) is 4.90 Å². The minimum atomic E-state index is -4.12. The molecule has 0 bridgehead atoms. The summed E-state index contributed by atoms with van der Waals surface area (Å²) in [5, 5.41) is 10.9. The lowest BCUT2D eigenvalue weighted by Gasteiger charge is -2.29. The van der Waals surface area contributed by atoms with E-state index in [1.165, 1.54) is 24.3 Å². The van der Waals surface area contributed by atoms with Gasteiger partial charge < -0.3 is 0 Å². The Hall–Kier alpha value is -4.02. The van der Waals surface area contributed by atoms with Gasteiger partial charge in [0.05, 0.1) is 9.82 Å². The second-order valence-electron chi connectivity index (χ2n) is 7.49. The Labute approximate surface area is 194 Å². The number of sulfonamides is 1. The average molecular weight is 479 g/mol. The largest absolute Gasteiger partial charge is 0.289 e. The summed E-state index contributed by atoms with van der Waals surface area (Å²) >= 11 is 0. The van der Waals surface area contributed by atoms with Crippen LogP contribution in [0.5, 0.6) is 0 Å². The fraction of sp³-hybridized carbons (Fsp3) is 0.0833. The maximum Gasteiger partial charge on any atom is 0.269 e. The molecule has 3 aromatic rings. The Kier molecular flexibility index (Phi) is 6.44. The van der Waals surface area contributed by atoms with E-state index in [-0.39, 0.29) is 40.4 Å². The number of carbonyl (C=O) groups is 1. The number of benzene rings is 2. The van der Waals surface area contributed by atoms with E-state index >= 15 is 0 Å². The normalized spacial score (nSPS) is 17.3. The van der Waals surface area contributed by atoms with E-state index in [1.807, 2.05) is 0 Å². The summed E-state index contributed by atoms with van der Waals surface area (Å²) in [6, 6.07) is 13.7. The number of hydrogen-bond donors (Lipinski definition) is 0. The predicted molar refractivity (Wildman–Crippen MR) is 123 cm³/mol. The molecule has 2 heterocycles. The number of rotatable bonds is 5. The first-order valence-corrected chi connectivity index (χ1v) is 11.5. The highest BCUT2D eigenvalue weighted by molar-refractivity contribution is 7.89. The van der Waals surface area contributed by atoms with Gasteiger partial charge in [-0.2, -0.15) is 4.31 Å². The number of carbonyl (C=O) groups excluding carboxylic acids is 1. The molecule has 0 saturated carbocycles. The Morgan fingerprint density at radius 1 is 0.941 bits per heavy atom. The third kappa shape index (κ3) is 4.82. The first-order chi connectivity index (χ1) is 16.3. The second kappa shape index (κ2) is 9.46. The van der Waals surface area contributed by atoms with Crippen molar-refractivity contribution in [2.75, 3.05) is 13.1 Å². The standard InChI is InChI=1S/C24H18FN3O5S/c25-23-4-2-1-3-18(23)14-20-16-27(15-19(24(20)29)13-17-9-11-26-12-10-17)34(32,33)22-7-5-21(6-8-22)28(30)31/h1-14H,15-16H2/b19-13+,20-14+. The summed E-state index contributed by atoms with van der Waals surface area (Å²) in [5.41, 5.74) is 0.862. The van der Waals surface area contributed by atoms with Crippen molar-refractivity contribution >= 4 is 33.6 Å². The van der Waals surface area contributed by atoms with Gasteiger partial charge >= 0.3 is 0 Å². The zero-order valence-electron chi connectivity index (χ0n) is 17.7. The lowest BCUT2D eigenvalue weighted by Crippen LogP contribution is -2.41. The number of nitrogens with zero attached hydrogens (tertiary/aromatic N) is 3. The lowest BCUT2D eigenvalue weighted by molar-refractivity contribution is -0.384. The summed E-state index contributed by atoms with van der Waals surface area (Å²) in [7, 11) is -4.12. The number of nitro groups is 1. The summed E-state index contributed by atoms with van der Waals surface area (Å²) in [5.74, 6) is -0.937. The Morgan fingerprint density at radius 3 is 2.18 bits per heavy atom. The van der Waals surface area contributed by atoms with Crippen LogP contribution in [0.15, 0.2) is 89.1 Å². The number of hydrogen-bond acceptors (Lipinski definition) is 6. The molecule has 10 heteroatoms. The first kappa shape index (κ1) is 23.1. The number of halogens is 1. The van der Waals surface area contributed by atoms with Crippen molar-refractivity contribution in [3.05, 3.63) is 111 Å². The van der Waals surface area contributed by atoms with Gasteiger partial charge in [-0.05, 0) is 48.0 Å². The molecule has 0 amide bonds. The molecule has 1 aromatic heterocycles. The molecule has 1 fully saturated rings. The Bertz CT molecular complexity index is 1420. The molecule has 34 heavy (non-hydrogen) atoms. The van der Waals surface area contributed by atoms with Crippen molar-refractivity contribution in [3.8, 4) is 0 Å². The predicted octanol–water partition coefficient (Wildman–Crippen LogP) is 3.87. The topological polar surface area (TPSA) is 110 Å². The molecule has 0 radical (unpaired) electrons. The van der Waals surface area contributed by atoms with Gasteiger partial charge in [-0.1, -0.05) is 18.2 Å². The monoisotopic (exact) mass is 479 g/mol. The molecule has 0 atom stereocenters. The lowest BCUT2D eigenvalue weighted by atomic mass is 9.95. The molecular weight excluding hydrogens is 461 g/mol. The molecule has 1 saturated heterocycles. The molecule has 1 aliphatic rings. The van der Waals surface area contributed by atoms with Crippen LogP contribution in [0.4, 0.5) is 10.1 Å². The molecule has 1 aliphatic heterocycles. The zero-order valence-corrected chi connectivity index (χ0v) is 18.5.